The maximum atomic E-state index is 11.8. The molecule has 1 aliphatic heterocycles. The molecule has 8 heteroatoms. The van der Waals surface area contributed by atoms with Gasteiger partial charge in [-0.1, -0.05) is 0 Å². The van der Waals surface area contributed by atoms with Crippen molar-refractivity contribution in [2.24, 2.45) is 5.92 Å². The van der Waals surface area contributed by atoms with E-state index >= 15 is 0 Å². The summed E-state index contributed by atoms with van der Waals surface area (Å²) in [5.74, 6) is 0.656. The van der Waals surface area contributed by atoms with Crippen LogP contribution < -0.4 is 5.32 Å². The summed E-state index contributed by atoms with van der Waals surface area (Å²) in [5, 5.41) is 14.3. The molecule has 2 unspecified atom stereocenters. The lowest BCUT2D eigenvalue weighted by molar-refractivity contribution is -0.387. The van der Waals surface area contributed by atoms with Gasteiger partial charge in [0.15, 0.2) is 9.84 Å². The number of ether oxygens (including phenoxy) is 1. The Morgan fingerprint density at radius 2 is 2.04 bits per heavy atom. The Balaban J connectivity index is 1.78. The Hall–Kier alpha value is -1.67. The zero-order chi connectivity index (χ0) is 16.6. The van der Waals surface area contributed by atoms with Gasteiger partial charge in [-0.3, -0.25) is 10.1 Å². The molecule has 0 amide bonds. The molecule has 0 spiro atoms. The van der Waals surface area contributed by atoms with Crippen LogP contribution in [0.1, 0.15) is 25.7 Å². The van der Waals surface area contributed by atoms with Crippen molar-refractivity contribution in [1.82, 2.24) is 0 Å². The summed E-state index contributed by atoms with van der Waals surface area (Å²) in [6, 6.07) is 4.36. The number of nitrogens with one attached hydrogen (secondary N) is 1. The van der Waals surface area contributed by atoms with Crippen molar-refractivity contribution in [3.8, 4) is 0 Å². The zero-order valence-electron chi connectivity index (χ0n) is 12.9. The maximum absolute atomic E-state index is 11.8. The van der Waals surface area contributed by atoms with Gasteiger partial charge < -0.3 is 10.1 Å². The van der Waals surface area contributed by atoms with E-state index in [1.165, 1.54) is 25.0 Å². The van der Waals surface area contributed by atoms with Gasteiger partial charge in [0.25, 0.3) is 5.69 Å². The van der Waals surface area contributed by atoms with Crippen molar-refractivity contribution in [3.05, 3.63) is 28.3 Å². The third kappa shape index (κ3) is 3.81. The number of rotatable bonds is 5. The number of benzene rings is 1. The van der Waals surface area contributed by atoms with Gasteiger partial charge >= 0.3 is 0 Å². The van der Waals surface area contributed by atoms with Crippen LogP contribution in [-0.4, -0.2) is 38.3 Å². The van der Waals surface area contributed by atoms with E-state index in [1.807, 2.05) is 0 Å². The fraction of sp³-hybridized carbons (Fsp3) is 0.600. The van der Waals surface area contributed by atoms with Gasteiger partial charge in [-0.25, -0.2) is 8.42 Å². The monoisotopic (exact) mass is 340 g/mol. The predicted octanol–water partition coefficient (Wildman–Crippen LogP) is 2.37. The zero-order valence-corrected chi connectivity index (χ0v) is 13.7. The van der Waals surface area contributed by atoms with E-state index in [0.29, 0.717) is 18.2 Å². The molecule has 1 aliphatic carbocycles. The summed E-state index contributed by atoms with van der Waals surface area (Å²) in [7, 11) is -3.66. The first-order valence-corrected chi connectivity index (χ1v) is 9.60. The minimum absolute atomic E-state index is 0.197. The molecule has 3 rings (SSSR count). The first kappa shape index (κ1) is 16.2. The van der Waals surface area contributed by atoms with Crippen LogP contribution in [0.15, 0.2) is 23.1 Å². The molecule has 0 aromatic heterocycles. The Kier molecular flexibility index (Phi) is 4.29. The average Bonchev–Trinajstić information content (AvgIpc) is 3.31. The molecule has 1 N–H and O–H groups in total. The highest BCUT2D eigenvalue weighted by Crippen LogP contribution is 2.38. The van der Waals surface area contributed by atoms with E-state index in [2.05, 4.69) is 5.32 Å². The molecule has 1 aromatic carbocycles. The predicted molar refractivity (Wildman–Crippen MR) is 85.3 cm³/mol. The van der Waals surface area contributed by atoms with Crippen molar-refractivity contribution in [2.75, 3.05) is 18.2 Å². The summed E-state index contributed by atoms with van der Waals surface area (Å²) in [6.45, 7) is 0.685. The minimum Gasteiger partial charge on any atom is -0.382 e. The van der Waals surface area contributed by atoms with Crippen LogP contribution in [0.2, 0.25) is 0 Å². The molecule has 1 aromatic rings. The number of sulfone groups is 1. The topological polar surface area (TPSA) is 98.5 Å². The molecule has 2 fully saturated rings. The van der Waals surface area contributed by atoms with Gasteiger partial charge in [-0.05, 0) is 43.7 Å². The van der Waals surface area contributed by atoms with Gasteiger partial charge in [0.2, 0.25) is 0 Å². The van der Waals surface area contributed by atoms with E-state index in [1.54, 1.807) is 6.07 Å². The largest absolute Gasteiger partial charge is 0.382 e. The molecule has 1 heterocycles. The Morgan fingerprint density at radius 3 is 2.65 bits per heavy atom. The molecular formula is C15H20N2O5S. The molecule has 23 heavy (non-hydrogen) atoms. The summed E-state index contributed by atoms with van der Waals surface area (Å²) in [5.41, 5.74) is 0.207. The highest BCUT2D eigenvalue weighted by atomic mass is 32.2. The third-order valence-corrected chi connectivity index (χ3v) is 5.52. The molecule has 0 radical (unpaired) electrons. The van der Waals surface area contributed by atoms with Gasteiger partial charge in [-0.2, -0.15) is 0 Å². The second kappa shape index (κ2) is 6.09. The van der Waals surface area contributed by atoms with Crippen molar-refractivity contribution in [1.29, 1.82) is 0 Å². The van der Waals surface area contributed by atoms with Crippen LogP contribution in [0.25, 0.3) is 0 Å². The standard InChI is InChI=1S/C15H20N2O5S/c1-23(20,21)15-9-11(4-5-13(15)17(18)19)16-12-6-7-22-14(8-12)10-2-3-10/h4-5,9-10,12,14,16H,2-3,6-8H2,1H3. The number of nitro benzene ring substituents is 1. The van der Waals surface area contributed by atoms with Gasteiger partial charge in [0.05, 0.1) is 11.0 Å². The quantitative estimate of drug-likeness (QED) is 0.652. The lowest BCUT2D eigenvalue weighted by Crippen LogP contribution is -2.35. The third-order valence-electron chi connectivity index (χ3n) is 4.39. The van der Waals surface area contributed by atoms with Gasteiger partial charge in [-0.15, -0.1) is 0 Å². The summed E-state index contributed by atoms with van der Waals surface area (Å²) in [6.07, 6.45) is 5.41. The van der Waals surface area contributed by atoms with Crippen molar-refractivity contribution >= 4 is 21.2 Å². The Morgan fingerprint density at radius 1 is 1.30 bits per heavy atom. The molecule has 2 aliphatic rings. The van der Waals surface area contributed by atoms with Gasteiger partial charge in [0.1, 0.15) is 4.90 Å². The lowest BCUT2D eigenvalue weighted by Gasteiger charge is -2.31. The molecule has 1 saturated heterocycles. The van der Waals surface area contributed by atoms with Crippen molar-refractivity contribution in [2.45, 2.75) is 42.7 Å². The lowest BCUT2D eigenvalue weighted by atomic mass is 10.00. The van der Waals surface area contributed by atoms with E-state index in [9.17, 15) is 18.5 Å². The fourth-order valence-corrected chi connectivity index (χ4v) is 3.91. The highest BCUT2D eigenvalue weighted by molar-refractivity contribution is 7.90. The van der Waals surface area contributed by atoms with Crippen LogP contribution in [0.3, 0.4) is 0 Å². The van der Waals surface area contributed by atoms with Crippen LogP contribution in [-0.2, 0) is 14.6 Å². The first-order chi connectivity index (χ1) is 10.8. The molecule has 1 saturated carbocycles. The van der Waals surface area contributed by atoms with E-state index < -0.39 is 14.8 Å². The molecule has 7 nitrogen and oxygen atoms in total. The number of anilines is 1. The minimum atomic E-state index is -3.66. The van der Waals surface area contributed by atoms with Crippen molar-refractivity contribution in [3.63, 3.8) is 0 Å². The SMILES string of the molecule is CS(=O)(=O)c1cc(NC2CCOC(C3CC3)C2)ccc1[N+](=O)[O-]. The summed E-state index contributed by atoms with van der Waals surface area (Å²) >= 11 is 0. The van der Waals surface area contributed by atoms with E-state index in [4.69, 9.17) is 4.74 Å². The first-order valence-electron chi connectivity index (χ1n) is 7.71. The molecule has 126 valence electrons. The number of nitrogens with zero attached hydrogens (tertiary/aromatic N) is 1. The number of hydrogen-bond donors (Lipinski definition) is 1. The smallest absolute Gasteiger partial charge is 0.288 e. The molecule has 0 bridgehead atoms. The number of nitro groups is 1. The second-order valence-corrected chi connectivity index (χ2v) is 8.31. The van der Waals surface area contributed by atoms with E-state index in [0.717, 1.165) is 19.1 Å². The molecule has 2 atom stereocenters. The van der Waals surface area contributed by atoms with E-state index in [-0.39, 0.29) is 22.7 Å². The second-order valence-electron chi connectivity index (χ2n) is 6.32. The Labute approximate surface area is 135 Å². The average molecular weight is 340 g/mol. The van der Waals surface area contributed by atoms with Crippen LogP contribution in [0.5, 0.6) is 0 Å². The molecular weight excluding hydrogens is 320 g/mol. The fourth-order valence-electron chi connectivity index (χ4n) is 3.04. The highest BCUT2D eigenvalue weighted by Gasteiger charge is 2.36. The summed E-state index contributed by atoms with van der Waals surface area (Å²) < 4.78 is 29.4. The van der Waals surface area contributed by atoms with Gasteiger partial charge in [0, 0.05) is 30.7 Å². The van der Waals surface area contributed by atoms with Crippen LogP contribution in [0.4, 0.5) is 11.4 Å². The number of hydrogen-bond acceptors (Lipinski definition) is 6. The normalized spacial score (nSPS) is 25.1. The van der Waals surface area contributed by atoms with Crippen LogP contribution in [0, 0.1) is 16.0 Å². The Bertz CT molecular complexity index is 715. The maximum Gasteiger partial charge on any atom is 0.288 e. The van der Waals surface area contributed by atoms with Crippen molar-refractivity contribution < 1.29 is 18.1 Å². The summed E-state index contributed by atoms with van der Waals surface area (Å²) in [4.78, 5) is 10.1. The van der Waals surface area contributed by atoms with Crippen LogP contribution >= 0.6 is 0 Å².